The van der Waals surface area contributed by atoms with Crippen molar-refractivity contribution in [1.29, 1.82) is 0 Å². The Morgan fingerprint density at radius 3 is 2.83 bits per heavy atom. The molecule has 3 nitrogen and oxygen atoms in total. The second kappa shape index (κ2) is 7.53. The van der Waals surface area contributed by atoms with E-state index in [1.54, 1.807) is 11.0 Å². The highest BCUT2D eigenvalue weighted by atomic mass is 127. The molecule has 1 aliphatic heterocycles. The van der Waals surface area contributed by atoms with Gasteiger partial charge in [-0.25, -0.2) is 0 Å². The number of thiocarbonyl (C=S) groups is 1. The molecule has 1 N–H and O–H groups in total. The molecule has 1 aromatic rings. The van der Waals surface area contributed by atoms with Gasteiger partial charge in [0.15, 0.2) is 0 Å². The molecule has 2 aliphatic rings. The summed E-state index contributed by atoms with van der Waals surface area (Å²) in [5, 5.41) is 9.59. The van der Waals surface area contributed by atoms with Crippen LogP contribution >= 0.6 is 46.6 Å². The van der Waals surface area contributed by atoms with Crippen LogP contribution in [0.4, 0.5) is 0 Å². The molecule has 0 bridgehead atoms. The number of benzene rings is 1. The van der Waals surface area contributed by atoms with E-state index in [-0.39, 0.29) is 11.7 Å². The lowest BCUT2D eigenvalue weighted by Crippen LogP contribution is -2.30. The van der Waals surface area contributed by atoms with Crippen LogP contribution in [0.1, 0.15) is 37.7 Å². The van der Waals surface area contributed by atoms with Crippen LogP contribution in [0.5, 0.6) is 5.75 Å². The first-order valence-electron chi connectivity index (χ1n) is 7.78. The molecule has 1 amide bonds. The number of phenolic OH excluding ortho intramolecular Hbond substituents is 1. The van der Waals surface area contributed by atoms with E-state index >= 15 is 0 Å². The highest BCUT2D eigenvalue weighted by molar-refractivity contribution is 14.1. The van der Waals surface area contributed by atoms with E-state index in [4.69, 9.17) is 12.2 Å². The van der Waals surface area contributed by atoms with Crippen molar-refractivity contribution >= 4 is 62.9 Å². The molecule has 1 heterocycles. The molecule has 122 valence electrons. The number of aromatic hydroxyl groups is 1. The first-order valence-corrected chi connectivity index (χ1v) is 10.1. The summed E-state index contributed by atoms with van der Waals surface area (Å²) in [5.74, 6) is 1.02. The summed E-state index contributed by atoms with van der Waals surface area (Å²) in [6, 6.07) is 5.32. The summed E-state index contributed by atoms with van der Waals surface area (Å²) in [6.45, 7) is 0.736. The van der Waals surface area contributed by atoms with E-state index in [0.29, 0.717) is 9.23 Å². The average molecular weight is 459 g/mol. The number of nitrogens with zero attached hydrogens (tertiary/aromatic N) is 1. The molecule has 0 aromatic heterocycles. The predicted molar refractivity (Wildman–Crippen MR) is 107 cm³/mol. The van der Waals surface area contributed by atoms with Gasteiger partial charge in [0.05, 0.1) is 8.48 Å². The molecule has 0 radical (unpaired) electrons. The smallest absolute Gasteiger partial charge is 0.266 e. The third kappa shape index (κ3) is 4.09. The molecule has 0 atom stereocenters. The Hall–Kier alpha value is -0.600. The first kappa shape index (κ1) is 17.2. The van der Waals surface area contributed by atoms with Crippen molar-refractivity contribution in [3.8, 4) is 5.75 Å². The van der Waals surface area contributed by atoms with Gasteiger partial charge in [0.2, 0.25) is 0 Å². The molecule has 3 rings (SSSR count). The summed E-state index contributed by atoms with van der Waals surface area (Å²) >= 11 is 8.83. The van der Waals surface area contributed by atoms with Gasteiger partial charge in [0.1, 0.15) is 10.1 Å². The zero-order valence-electron chi connectivity index (χ0n) is 12.6. The van der Waals surface area contributed by atoms with Gasteiger partial charge < -0.3 is 5.11 Å². The number of rotatable bonds is 4. The minimum absolute atomic E-state index is 0.0149. The van der Waals surface area contributed by atoms with Gasteiger partial charge in [0.25, 0.3) is 5.91 Å². The van der Waals surface area contributed by atoms with Crippen LogP contribution in [-0.4, -0.2) is 26.8 Å². The molecule has 23 heavy (non-hydrogen) atoms. The Morgan fingerprint density at radius 2 is 2.13 bits per heavy atom. The maximum atomic E-state index is 12.6. The second-order valence-electron chi connectivity index (χ2n) is 5.98. The van der Waals surface area contributed by atoms with E-state index in [1.807, 2.05) is 18.2 Å². The van der Waals surface area contributed by atoms with Crippen molar-refractivity contribution in [1.82, 2.24) is 4.90 Å². The van der Waals surface area contributed by atoms with Crippen molar-refractivity contribution < 1.29 is 9.90 Å². The Bertz CT molecular complexity index is 669. The summed E-state index contributed by atoms with van der Waals surface area (Å²) in [6.07, 6.45) is 8.13. The number of hydrogen-bond acceptors (Lipinski definition) is 4. The van der Waals surface area contributed by atoms with Crippen LogP contribution in [0.25, 0.3) is 6.08 Å². The van der Waals surface area contributed by atoms with Crippen molar-refractivity contribution in [2.24, 2.45) is 5.92 Å². The van der Waals surface area contributed by atoms with Crippen molar-refractivity contribution in [3.05, 3.63) is 32.2 Å². The molecule has 6 heteroatoms. The number of hydrogen-bond donors (Lipinski definition) is 1. The number of carbonyl (C=O) groups is 1. The second-order valence-corrected chi connectivity index (χ2v) is 8.82. The summed E-state index contributed by atoms with van der Waals surface area (Å²) in [4.78, 5) is 15.0. The zero-order chi connectivity index (χ0) is 16.4. The molecular formula is C17H18INO2S2. The van der Waals surface area contributed by atoms with E-state index in [2.05, 4.69) is 22.6 Å². The van der Waals surface area contributed by atoms with Gasteiger partial charge in [-0.05, 0) is 58.7 Å². The zero-order valence-corrected chi connectivity index (χ0v) is 16.4. The van der Waals surface area contributed by atoms with Gasteiger partial charge in [-0.3, -0.25) is 9.69 Å². The minimum atomic E-state index is 0.0149. The SMILES string of the molecule is O=C1/C(=C/c2ccc(O)c(I)c2)SC(=S)N1CCC1CCCC1. The van der Waals surface area contributed by atoms with Crippen LogP contribution < -0.4 is 0 Å². The lowest BCUT2D eigenvalue weighted by molar-refractivity contribution is -0.122. The van der Waals surface area contributed by atoms with Gasteiger partial charge >= 0.3 is 0 Å². The van der Waals surface area contributed by atoms with Crippen LogP contribution in [0.15, 0.2) is 23.1 Å². The molecule has 1 saturated heterocycles. The third-order valence-electron chi connectivity index (χ3n) is 4.38. The monoisotopic (exact) mass is 459 g/mol. The van der Waals surface area contributed by atoms with Gasteiger partial charge in [-0.2, -0.15) is 0 Å². The van der Waals surface area contributed by atoms with E-state index < -0.39 is 0 Å². The Labute approximate surface area is 159 Å². The number of amides is 1. The van der Waals surface area contributed by atoms with Crippen molar-refractivity contribution in [2.45, 2.75) is 32.1 Å². The quantitative estimate of drug-likeness (QED) is 0.400. The van der Waals surface area contributed by atoms with Crippen LogP contribution in [0.2, 0.25) is 0 Å². The molecular weight excluding hydrogens is 441 g/mol. The summed E-state index contributed by atoms with van der Waals surface area (Å²) in [7, 11) is 0. The predicted octanol–water partition coefficient (Wildman–Crippen LogP) is 4.78. The topological polar surface area (TPSA) is 40.5 Å². The highest BCUT2D eigenvalue weighted by Gasteiger charge is 2.32. The van der Waals surface area contributed by atoms with Crippen LogP contribution in [0, 0.1) is 9.49 Å². The van der Waals surface area contributed by atoms with Gasteiger partial charge in [-0.1, -0.05) is 55.7 Å². The van der Waals surface area contributed by atoms with Crippen LogP contribution in [0.3, 0.4) is 0 Å². The fourth-order valence-electron chi connectivity index (χ4n) is 3.07. The van der Waals surface area contributed by atoms with Gasteiger partial charge in [-0.15, -0.1) is 0 Å². The standard InChI is InChI=1S/C17H18INO2S2/c18-13-9-12(5-6-14(13)20)10-15-16(21)19(17(22)23-15)8-7-11-3-1-2-4-11/h5-6,9-11,20H,1-4,7-8H2/b15-10-. The third-order valence-corrected chi connectivity index (χ3v) is 6.62. The van der Waals surface area contributed by atoms with Crippen LogP contribution in [-0.2, 0) is 4.79 Å². The normalized spacial score (nSPS) is 20.9. The first-order chi connectivity index (χ1) is 11.0. The molecule has 2 fully saturated rings. The van der Waals surface area contributed by atoms with E-state index in [9.17, 15) is 9.90 Å². The fourth-order valence-corrected chi connectivity index (χ4v) is 4.92. The number of thioether (sulfide) groups is 1. The molecule has 1 aromatic carbocycles. The maximum absolute atomic E-state index is 12.6. The Balaban J connectivity index is 1.69. The Kier molecular flexibility index (Phi) is 5.64. The fraction of sp³-hybridized carbons (Fsp3) is 0.412. The maximum Gasteiger partial charge on any atom is 0.266 e. The van der Waals surface area contributed by atoms with E-state index in [1.165, 1.54) is 37.4 Å². The van der Waals surface area contributed by atoms with E-state index in [0.717, 1.165) is 28.0 Å². The summed E-state index contributed by atoms with van der Waals surface area (Å²) < 4.78 is 1.43. The number of phenols is 1. The number of carbonyl (C=O) groups excluding carboxylic acids is 1. The summed E-state index contributed by atoms with van der Waals surface area (Å²) in [5.41, 5.74) is 0.906. The molecule has 0 unspecified atom stereocenters. The lowest BCUT2D eigenvalue weighted by atomic mass is 10.0. The largest absolute Gasteiger partial charge is 0.507 e. The minimum Gasteiger partial charge on any atom is -0.507 e. The van der Waals surface area contributed by atoms with Crippen molar-refractivity contribution in [3.63, 3.8) is 0 Å². The molecule has 0 spiro atoms. The number of halogens is 1. The van der Waals surface area contributed by atoms with Crippen molar-refractivity contribution in [2.75, 3.05) is 6.54 Å². The molecule has 1 saturated carbocycles. The Morgan fingerprint density at radius 1 is 1.39 bits per heavy atom. The van der Waals surface area contributed by atoms with Gasteiger partial charge in [0, 0.05) is 6.54 Å². The highest BCUT2D eigenvalue weighted by Crippen LogP contribution is 2.35. The average Bonchev–Trinajstić information content (AvgIpc) is 3.11. The lowest BCUT2D eigenvalue weighted by Gasteiger charge is -2.17. The molecule has 1 aliphatic carbocycles.